The molecule has 2 aliphatic heterocycles. The molecule has 2 aliphatic rings. The summed E-state index contributed by atoms with van der Waals surface area (Å²) in [6.07, 6.45) is -4.14. The van der Waals surface area contributed by atoms with Crippen LogP contribution in [0.1, 0.15) is 43.6 Å². The Balaban J connectivity index is 1.16. The van der Waals surface area contributed by atoms with Crippen molar-refractivity contribution < 1.29 is 32.7 Å². The van der Waals surface area contributed by atoms with Gasteiger partial charge in [0.2, 0.25) is 0 Å². The van der Waals surface area contributed by atoms with Crippen molar-refractivity contribution in [3.05, 3.63) is 63.5 Å². The fraction of sp³-hybridized carbons (Fsp3) is 0.407. The summed E-state index contributed by atoms with van der Waals surface area (Å²) in [5, 5.41) is 32.9. The molecule has 0 bridgehead atoms. The molecule has 0 unspecified atom stereocenters. The predicted octanol–water partition coefficient (Wildman–Crippen LogP) is 1.52. The third-order valence-electron chi connectivity index (χ3n) is 7.48. The number of carbonyl (C=O) groups is 3. The van der Waals surface area contributed by atoms with E-state index in [-0.39, 0.29) is 83.5 Å². The Hall–Kier alpha value is -4.66. The molecule has 0 aliphatic carbocycles. The molecule has 6 N–H and O–H groups in total. The van der Waals surface area contributed by atoms with Gasteiger partial charge in [-0.1, -0.05) is 11.6 Å². The molecule has 0 atom stereocenters. The summed E-state index contributed by atoms with van der Waals surface area (Å²) in [5.74, 6) is -1.23. The number of nitrogens with one attached hydrogen (secondary N) is 5. The van der Waals surface area contributed by atoms with E-state index in [9.17, 15) is 32.7 Å². The number of H-pyrrole nitrogens is 2. The number of nitriles is 1. The monoisotopic (exact) mass is 648 g/mol. The smallest absolute Gasteiger partial charge is 0.385 e. The Labute approximate surface area is 258 Å². The van der Waals surface area contributed by atoms with Crippen molar-refractivity contribution in [2.24, 2.45) is 0 Å². The van der Waals surface area contributed by atoms with Gasteiger partial charge >= 0.3 is 12.2 Å². The van der Waals surface area contributed by atoms with Crippen LogP contribution in [0.4, 0.5) is 23.7 Å². The van der Waals surface area contributed by atoms with Crippen LogP contribution in [0.25, 0.3) is 0 Å². The minimum atomic E-state index is -4.74. The van der Waals surface area contributed by atoms with E-state index in [1.54, 1.807) is 15.9 Å². The number of anilines is 1. The van der Waals surface area contributed by atoms with Gasteiger partial charge in [-0.3, -0.25) is 14.7 Å². The van der Waals surface area contributed by atoms with Crippen LogP contribution in [0.5, 0.6) is 0 Å². The van der Waals surface area contributed by atoms with E-state index < -0.39 is 23.4 Å². The highest BCUT2D eigenvalue weighted by Crippen LogP contribution is 2.33. The van der Waals surface area contributed by atoms with Crippen molar-refractivity contribution in [3.8, 4) is 6.07 Å². The van der Waals surface area contributed by atoms with Gasteiger partial charge in [-0.15, -0.1) is 0 Å². The van der Waals surface area contributed by atoms with E-state index in [0.717, 1.165) is 0 Å². The molecule has 4 heterocycles. The number of β-amino-alcohol motifs (C(OH)–C–C–N with tert-alkyl or cyclic N) is 1. The van der Waals surface area contributed by atoms with Crippen molar-refractivity contribution in [1.29, 1.82) is 5.26 Å². The Bertz CT molecular complexity index is 1640. The van der Waals surface area contributed by atoms with Crippen molar-refractivity contribution in [2.45, 2.75) is 24.6 Å². The highest BCUT2D eigenvalue weighted by molar-refractivity contribution is 6.34. The van der Waals surface area contributed by atoms with Gasteiger partial charge in [0.15, 0.2) is 11.5 Å². The van der Waals surface area contributed by atoms with Crippen LogP contribution in [0.15, 0.2) is 24.4 Å². The molecule has 18 heteroatoms. The van der Waals surface area contributed by atoms with Gasteiger partial charge in [-0.25, -0.2) is 9.78 Å². The number of amides is 4. The topological polar surface area (TPSA) is 195 Å². The van der Waals surface area contributed by atoms with Gasteiger partial charge in [-0.05, 0) is 18.2 Å². The van der Waals surface area contributed by atoms with E-state index in [1.807, 2.05) is 0 Å². The van der Waals surface area contributed by atoms with Gasteiger partial charge in [0.05, 0.1) is 35.3 Å². The van der Waals surface area contributed by atoms with Crippen LogP contribution in [-0.4, -0.2) is 104 Å². The van der Waals surface area contributed by atoms with Crippen LogP contribution in [-0.2, 0) is 19.0 Å². The number of nitrogens with zero attached hydrogens (tertiary/aromatic N) is 5. The number of imidazole rings is 1. The third kappa shape index (κ3) is 7.19. The van der Waals surface area contributed by atoms with E-state index in [2.05, 4.69) is 36.1 Å². The lowest BCUT2D eigenvalue weighted by atomic mass is 9.98. The number of piperazine rings is 1. The van der Waals surface area contributed by atoms with E-state index in [0.29, 0.717) is 26.2 Å². The van der Waals surface area contributed by atoms with Crippen molar-refractivity contribution in [1.82, 2.24) is 40.6 Å². The zero-order valence-corrected chi connectivity index (χ0v) is 24.3. The zero-order chi connectivity index (χ0) is 32.4. The van der Waals surface area contributed by atoms with Crippen LogP contribution in [0.3, 0.4) is 0 Å². The molecule has 238 valence electrons. The van der Waals surface area contributed by atoms with E-state index in [1.165, 1.54) is 24.4 Å². The normalized spacial score (nSPS) is 16.1. The molecule has 4 amide bonds. The Kier molecular flexibility index (Phi) is 9.00. The van der Waals surface area contributed by atoms with Gasteiger partial charge < -0.3 is 35.8 Å². The lowest BCUT2D eigenvalue weighted by Gasteiger charge is -2.39. The number of hydrogen-bond donors (Lipinski definition) is 6. The first-order valence-electron chi connectivity index (χ1n) is 13.8. The lowest BCUT2D eigenvalue weighted by molar-refractivity contribution is -0.141. The SMILES string of the molecule is N#CCc1[nH]nc(C(F)(F)F)c1Cc1cnc(C(=O)Nc2ccc(C(=O)N3CCN(C(=O)NCC4(O)CNC4)CC3)c(Cl)c2)[nH]1. The maximum absolute atomic E-state index is 13.4. The first-order chi connectivity index (χ1) is 21.4. The van der Waals surface area contributed by atoms with Gasteiger partial charge in [0.1, 0.15) is 5.60 Å². The summed E-state index contributed by atoms with van der Waals surface area (Å²) in [6.45, 7) is 2.10. The van der Waals surface area contributed by atoms with Crippen LogP contribution >= 0.6 is 11.6 Å². The molecular formula is C27H28ClF3N10O4. The second-order valence-corrected chi connectivity index (χ2v) is 11.1. The number of carbonyl (C=O) groups excluding carboxylic acids is 3. The van der Waals surface area contributed by atoms with Crippen LogP contribution in [0, 0.1) is 11.3 Å². The summed E-state index contributed by atoms with van der Waals surface area (Å²) in [6, 6.07) is 5.78. The summed E-state index contributed by atoms with van der Waals surface area (Å²) in [5.41, 5.74) is -1.67. The number of urea groups is 1. The maximum atomic E-state index is 13.4. The second-order valence-electron chi connectivity index (χ2n) is 10.7. The molecule has 2 saturated heterocycles. The van der Waals surface area contributed by atoms with Crippen molar-refractivity contribution in [2.75, 3.05) is 51.1 Å². The second kappa shape index (κ2) is 12.8. The Morgan fingerprint density at radius 3 is 2.49 bits per heavy atom. The highest BCUT2D eigenvalue weighted by atomic mass is 35.5. The number of aliphatic hydroxyl groups is 1. The molecule has 0 saturated carbocycles. The first kappa shape index (κ1) is 31.8. The minimum absolute atomic E-state index is 0.0137. The standard InChI is InChI=1S/C27H28ClF3N10O4/c28-19-10-15(1-2-17(19)24(43)40-5-7-41(8-6-40)25(44)35-14-26(45)12-33-13-26)37-23(42)22-34-11-16(36-22)9-18-20(3-4-32)38-39-21(18)27(29,30)31/h1-2,10-11,33,45H,3,5-9,12-14H2,(H,34,36)(H,35,44)(H,37,42)(H,38,39). The molecule has 14 nitrogen and oxygen atoms in total. The Morgan fingerprint density at radius 1 is 1.16 bits per heavy atom. The van der Waals surface area contributed by atoms with Gasteiger partial charge in [0, 0.05) is 68.8 Å². The number of aromatic nitrogens is 4. The lowest BCUT2D eigenvalue weighted by Crippen LogP contribution is -2.65. The van der Waals surface area contributed by atoms with Gasteiger partial charge in [0.25, 0.3) is 11.8 Å². The zero-order valence-electron chi connectivity index (χ0n) is 23.6. The molecular weight excluding hydrogens is 621 g/mol. The average molecular weight is 649 g/mol. The molecule has 0 spiro atoms. The summed E-state index contributed by atoms with van der Waals surface area (Å²) in [4.78, 5) is 48.1. The molecule has 3 aromatic rings. The van der Waals surface area contributed by atoms with Crippen LogP contribution < -0.4 is 16.0 Å². The van der Waals surface area contributed by atoms with Crippen LogP contribution in [0.2, 0.25) is 5.02 Å². The summed E-state index contributed by atoms with van der Waals surface area (Å²) < 4.78 is 40.2. The number of benzene rings is 1. The van der Waals surface area contributed by atoms with Crippen molar-refractivity contribution in [3.63, 3.8) is 0 Å². The average Bonchev–Trinajstić information content (AvgIpc) is 3.62. The molecule has 2 aromatic heterocycles. The number of hydrogen-bond acceptors (Lipinski definition) is 8. The van der Waals surface area contributed by atoms with E-state index in [4.69, 9.17) is 16.9 Å². The number of aromatic amines is 2. The number of alkyl halides is 3. The largest absolute Gasteiger partial charge is 0.435 e. The molecule has 45 heavy (non-hydrogen) atoms. The molecule has 2 fully saturated rings. The fourth-order valence-corrected chi connectivity index (χ4v) is 5.20. The first-order valence-corrected chi connectivity index (χ1v) is 14.1. The minimum Gasteiger partial charge on any atom is -0.385 e. The molecule has 5 rings (SSSR count). The fourth-order valence-electron chi connectivity index (χ4n) is 4.94. The quantitative estimate of drug-likeness (QED) is 0.211. The summed E-state index contributed by atoms with van der Waals surface area (Å²) >= 11 is 6.38. The number of halogens is 4. The summed E-state index contributed by atoms with van der Waals surface area (Å²) in [7, 11) is 0. The van der Waals surface area contributed by atoms with Gasteiger partial charge in [-0.2, -0.15) is 23.5 Å². The maximum Gasteiger partial charge on any atom is 0.435 e. The molecule has 1 aromatic carbocycles. The third-order valence-corrected chi connectivity index (χ3v) is 7.79. The highest BCUT2D eigenvalue weighted by Gasteiger charge is 2.38. The number of rotatable bonds is 8. The van der Waals surface area contributed by atoms with E-state index >= 15 is 0 Å². The predicted molar refractivity (Wildman–Crippen MR) is 152 cm³/mol. The Morgan fingerprint density at radius 2 is 1.87 bits per heavy atom. The molecule has 0 radical (unpaired) electrons. The van der Waals surface area contributed by atoms with Crippen molar-refractivity contribution >= 4 is 35.1 Å².